The van der Waals surface area contributed by atoms with Crippen molar-refractivity contribution in [3.05, 3.63) is 18.1 Å². The van der Waals surface area contributed by atoms with Crippen LogP contribution in [0.1, 0.15) is 11.8 Å². The largest absolute Gasteiger partial charge is 0.509 e. The number of carbonyl (C=O) groups is 1. The Kier molecular flexibility index (Phi) is 2.87. The molecule has 0 aliphatic carbocycles. The Morgan fingerprint density at radius 1 is 1.39 bits per heavy atom. The third kappa shape index (κ3) is 1.84. The lowest BCUT2D eigenvalue weighted by Gasteiger charge is -2.17. The molecule has 0 spiro atoms. The molecule has 0 amide bonds. The molecule has 2 aromatic heterocycles. The molecule has 2 aliphatic rings. The van der Waals surface area contributed by atoms with Crippen LogP contribution in [0.4, 0.5) is 10.6 Å². The molecule has 0 bridgehead atoms. The van der Waals surface area contributed by atoms with Gasteiger partial charge in [0, 0.05) is 6.20 Å². The number of anilines is 1. The third-order valence-electron chi connectivity index (χ3n) is 3.96. The monoisotopic (exact) mass is 317 g/mol. The van der Waals surface area contributed by atoms with Gasteiger partial charge < -0.3 is 29.6 Å². The van der Waals surface area contributed by atoms with Gasteiger partial charge in [-0.1, -0.05) is 0 Å². The number of hydrogen-bond acceptors (Lipinski definition) is 9. The molecule has 10 heteroatoms. The summed E-state index contributed by atoms with van der Waals surface area (Å²) in [6.07, 6.45) is -1.04. The lowest BCUT2D eigenvalue weighted by Crippen LogP contribution is -2.30. The smallest absolute Gasteiger partial charge is 0.424 e. The molecular weight excluding hydrogens is 306 g/mol. The predicted octanol–water partition coefficient (Wildman–Crippen LogP) is -0.321. The highest BCUT2D eigenvalue weighted by molar-refractivity contribution is 5.92. The maximum Gasteiger partial charge on any atom is 0.509 e. The van der Waals surface area contributed by atoms with Crippen LogP contribution >= 0.6 is 0 Å². The van der Waals surface area contributed by atoms with E-state index in [1.807, 2.05) is 6.07 Å². The van der Waals surface area contributed by atoms with Crippen LogP contribution < -0.4 is 5.73 Å². The van der Waals surface area contributed by atoms with E-state index in [0.717, 1.165) is 0 Å². The molecule has 2 aromatic rings. The summed E-state index contributed by atoms with van der Waals surface area (Å²) in [6.45, 7) is -0.338. The van der Waals surface area contributed by atoms with E-state index in [4.69, 9.17) is 19.9 Å². The zero-order valence-corrected chi connectivity index (χ0v) is 11.6. The predicted molar refractivity (Wildman–Crippen MR) is 72.8 cm³/mol. The number of rotatable bonds is 2. The number of nitriles is 1. The highest BCUT2D eigenvalue weighted by atomic mass is 16.8. The second-order valence-corrected chi connectivity index (χ2v) is 5.18. The number of aliphatic hydroxyl groups excluding tert-OH is 1. The fourth-order valence-corrected chi connectivity index (χ4v) is 2.98. The van der Waals surface area contributed by atoms with E-state index >= 15 is 0 Å². The molecule has 0 aromatic carbocycles. The van der Waals surface area contributed by atoms with Crippen molar-refractivity contribution in [3.8, 4) is 6.07 Å². The molecule has 0 radical (unpaired) electrons. The first-order valence-corrected chi connectivity index (χ1v) is 6.78. The fourth-order valence-electron chi connectivity index (χ4n) is 2.98. The Morgan fingerprint density at radius 3 is 2.91 bits per heavy atom. The van der Waals surface area contributed by atoms with Crippen LogP contribution in [-0.2, 0) is 14.2 Å². The van der Waals surface area contributed by atoms with E-state index in [1.165, 1.54) is 12.5 Å². The molecule has 3 N–H and O–H groups in total. The van der Waals surface area contributed by atoms with E-state index in [2.05, 4.69) is 9.97 Å². The molecule has 118 valence electrons. The Balaban J connectivity index is 1.85. The number of nitrogen functional groups attached to an aromatic ring is 1. The van der Waals surface area contributed by atoms with Crippen molar-refractivity contribution in [2.45, 2.75) is 24.5 Å². The Labute approximate surface area is 129 Å². The summed E-state index contributed by atoms with van der Waals surface area (Å²) in [6, 6.07) is 2.02. The topological polar surface area (TPSA) is 146 Å². The molecule has 0 saturated carbocycles. The van der Waals surface area contributed by atoms with Crippen LogP contribution in [-0.4, -0.2) is 50.7 Å². The third-order valence-corrected chi connectivity index (χ3v) is 3.96. The average molecular weight is 317 g/mol. The minimum atomic E-state index is -0.821. The summed E-state index contributed by atoms with van der Waals surface area (Å²) in [5.41, 5.74) is 6.47. The summed E-state index contributed by atoms with van der Waals surface area (Å²) in [5, 5.41) is 19.1. The van der Waals surface area contributed by atoms with Crippen molar-refractivity contribution in [1.29, 1.82) is 5.26 Å². The summed E-state index contributed by atoms with van der Waals surface area (Å²) in [5.74, 6) is 0.165. The molecule has 0 unspecified atom stereocenters. The maximum absolute atomic E-state index is 11.4. The number of nitrogens with two attached hydrogens (primary N) is 1. The second kappa shape index (κ2) is 4.80. The lowest BCUT2D eigenvalue weighted by atomic mass is 10.1. The van der Waals surface area contributed by atoms with Gasteiger partial charge in [-0.25, -0.2) is 14.8 Å². The molecular formula is C13H11N5O5. The van der Waals surface area contributed by atoms with Crippen molar-refractivity contribution < 1.29 is 24.1 Å². The first-order valence-electron chi connectivity index (χ1n) is 6.78. The number of aromatic nitrogens is 3. The molecule has 2 aliphatic heterocycles. The van der Waals surface area contributed by atoms with Gasteiger partial charge in [0.25, 0.3) is 0 Å². The molecule has 10 nitrogen and oxygen atoms in total. The fraction of sp³-hybridized carbons (Fsp3) is 0.385. The van der Waals surface area contributed by atoms with Crippen molar-refractivity contribution in [1.82, 2.24) is 14.5 Å². The van der Waals surface area contributed by atoms with Crippen LogP contribution in [0.3, 0.4) is 0 Å². The van der Waals surface area contributed by atoms with E-state index in [-0.39, 0.29) is 18.0 Å². The quantitative estimate of drug-likeness (QED) is 0.711. The molecule has 4 atom stereocenters. The highest BCUT2D eigenvalue weighted by Gasteiger charge is 2.55. The van der Waals surface area contributed by atoms with Gasteiger partial charge in [-0.3, -0.25) is 0 Å². The molecule has 4 rings (SSSR count). The van der Waals surface area contributed by atoms with Gasteiger partial charge in [-0.05, 0) is 0 Å². The standard InChI is InChI=1S/C13H11N5O5/c14-1-5-2-18(11-7(5)10(15)16-4-17-11)12-9-8(6(3-19)21-12)22-13(20)23-9/h2,4,6,8-9,12,19H,3H2,(H2,15,16,17)/t6-,8-,9+,12-/m1/s1. The minimum Gasteiger partial charge on any atom is -0.424 e. The number of fused-ring (bicyclic) bond motifs is 2. The van der Waals surface area contributed by atoms with Gasteiger partial charge in [-0.2, -0.15) is 5.26 Å². The molecule has 2 saturated heterocycles. The number of hydrogen-bond donors (Lipinski definition) is 2. The maximum atomic E-state index is 11.4. The summed E-state index contributed by atoms with van der Waals surface area (Å²) >= 11 is 0. The van der Waals surface area contributed by atoms with E-state index in [0.29, 0.717) is 11.0 Å². The van der Waals surface area contributed by atoms with Crippen LogP contribution in [0.5, 0.6) is 0 Å². The van der Waals surface area contributed by atoms with Crippen molar-refractivity contribution in [2.24, 2.45) is 0 Å². The van der Waals surface area contributed by atoms with Gasteiger partial charge in [0.1, 0.15) is 30.0 Å². The highest BCUT2D eigenvalue weighted by Crippen LogP contribution is 2.40. The van der Waals surface area contributed by atoms with Gasteiger partial charge >= 0.3 is 6.16 Å². The number of ether oxygens (including phenoxy) is 3. The second-order valence-electron chi connectivity index (χ2n) is 5.18. The van der Waals surface area contributed by atoms with Crippen LogP contribution in [0.2, 0.25) is 0 Å². The van der Waals surface area contributed by atoms with Gasteiger partial charge in [0.05, 0.1) is 17.6 Å². The molecule has 23 heavy (non-hydrogen) atoms. The Hall–Kier alpha value is -2.90. The lowest BCUT2D eigenvalue weighted by molar-refractivity contribution is -0.0702. The first-order chi connectivity index (χ1) is 11.1. The number of nitrogens with zero attached hydrogens (tertiary/aromatic N) is 4. The zero-order valence-electron chi connectivity index (χ0n) is 11.6. The Morgan fingerprint density at radius 2 is 2.17 bits per heavy atom. The van der Waals surface area contributed by atoms with E-state index < -0.39 is 30.7 Å². The van der Waals surface area contributed by atoms with E-state index in [9.17, 15) is 15.2 Å². The normalized spacial score (nSPS) is 29.1. The molecule has 2 fully saturated rings. The van der Waals surface area contributed by atoms with Crippen LogP contribution in [0, 0.1) is 11.3 Å². The first kappa shape index (κ1) is 13.7. The zero-order chi connectivity index (χ0) is 16.1. The summed E-state index contributed by atoms with van der Waals surface area (Å²) in [7, 11) is 0. The van der Waals surface area contributed by atoms with Gasteiger partial charge in [-0.15, -0.1) is 0 Å². The average Bonchev–Trinajstić information content (AvgIpc) is 3.18. The van der Waals surface area contributed by atoms with Crippen molar-refractivity contribution >= 4 is 23.0 Å². The SMILES string of the molecule is N#Cc1cn([C@@H]2O[C@H](CO)[C@H]3OC(=O)O[C@@H]32)c2ncnc(N)c12. The summed E-state index contributed by atoms with van der Waals surface area (Å²) < 4.78 is 17.4. The van der Waals surface area contributed by atoms with Crippen molar-refractivity contribution in [3.63, 3.8) is 0 Å². The Bertz CT molecular complexity index is 843. The number of carbonyl (C=O) groups excluding carboxylic acids is 1. The van der Waals surface area contributed by atoms with E-state index in [1.54, 1.807) is 4.57 Å². The van der Waals surface area contributed by atoms with Crippen molar-refractivity contribution in [2.75, 3.05) is 12.3 Å². The van der Waals surface area contributed by atoms with Crippen LogP contribution in [0.15, 0.2) is 12.5 Å². The number of aliphatic hydroxyl groups is 1. The van der Waals surface area contributed by atoms with Crippen LogP contribution in [0.25, 0.3) is 11.0 Å². The van der Waals surface area contributed by atoms with Gasteiger partial charge in [0.2, 0.25) is 0 Å². The van der Waals surface area contributed by atoms with Gasteiger partial charge in [0.15, 0.2) is 18.4 Å². The summed E-state index contributed by atoms with van der Waals surface area (Å²) in [4.78, 5) is 19.4. The minimum absolute atomic E-state index is 0.165. The molecule has 4 heterocycles.